The van der Waals surface area contributed by atoms with Gasteiger partial charge in [0.1, 0.15) is 11.3 Å². The lowest BCUT2D eigenvalue weighted by atomic mass is 10.1. The van der Waals surface area contributed by atoms with Crippen molar-refractivity contribution in [3.05, 3.63) is 53.3 Å². The fraction of sp³-hybridized carbons (Fsp3) is 0.0714. The molecular formula is C14H10ClNO. The van der Waals surface area contributed by atoms with E-state index in [2.05, 4.69) is 4.98 Å². The van der Waals surface area contributed by atoms with Crippen LogP contribution in [-0.2, 0) is 0 Å². The molecule has 0 fully saturated rings. The second kappa shape index (κ2) is 3.90. The Morgan fingerprint density at radius 1 is 1.12 bits per heavy atom. The van der Waals surface area contributed by atoms with Gasteiger partial charge < -0.3 is 4.42 Å². The first-order valence-electron chi connectivity index (χ1n) is 5.34. The van der Waals surface area contributed by atoms with Crippen LogP contribution in [0.5, 0.6) is 0 Å². The van der Waals surface area contributed by atoms with Gasteiger partial charge >= 0.3 is 0 Å². The highest BCUT2D eigenvalue weighted by molar-refractivity contribution is 6.32. The summed E-state index contributed by atoms with van der Waals surface area (Å²) in [4.78, 5) is 3.99. The van der Waals surface area contributed by atoms with Crippen LogP contribution in [0.4, 0.5) is 0 Å². The Morgan fingerprint density at radius 3 is 2.65 bits per heavy atom. The summed E-state index contributed by atoms with van der Waals surface area (Å²) in [5.74, 6) is 0.837. The number of furan rings is 1. The number of hydrogen-bond acceptors (Lipinski definition) is 2. The van der Waals surface area contributed by atoms with Gasteiger partial charge in [-0.25, -0.2) is 0 Å². The van der Waals surface area contributed by atoms with E-state index in [1.54, 1.807) is 12.4 Å². The van der Waals surface area contributed by atoms with E-state index >= 15 is 0 Å². The van der Waals surface area contributed by atoms with Crippen LogP contribution in [0.25, 0.3) is 22.3 Å². The molecule has 0 saturated carbocycles. The lowest BCUT2D eigenvalue weighted by molar-refractivity contribution is 0.631. The van der Waals surface area contributed by atoms with Crippen LogP contribution in [0, 0.1) is 6.92 Å². The van der Waals surface area contributed by atoms with Crippen LogP contribution < -0.4 is 0 Å². The summed E-state index contributed by atoms with van der Waals surface area (Å²) in [5, 5.41) is 1.78. The summed E-state index contributed by atoms with van der Waals surface area (Å²) in [6, 6.07) is 9.73. The number of aromatic nitrogens is 1. The van der Waals surface area contributed by atoms with Crippen molar-refractivity contribution in [2.45, 2.75) is 6.92 Å². The van der Waals surface area contributed by atoms with Gasteiger partial charge in [0.05, 0.1) is 0 Å². The van der Waals surface area contributed by atoms with E-state index in [4.69, 9.17) is 16.0 Å². The van der Waals surface area contributed by atoms with Crippen LogP contribution in [0.1, 0.15) is 5.56 Å². The molecule has 3 rings (SSSR count). The highest BCUT2D eigenvalue weighted by Gasteiger charge is 2.07. The molecule has 2 heterocycles. The highest BCUT2D eigenvalue weighted by Crippen LogP contribution is 2.30. The maximum absolute atomic E-state index is 6.09. The molecule has 3 aromatic rings. The molecule has 17 heavy (non-hydrogen) atoms. The molecule has 0 N–H and O–H groups in total. The monoisotopic (exact) mass is 243 g/mol. The van der Waals surface area contributed by atoms with E-state index in [9.17, 15) is 0 Å². The third-order valence-electron chi connectivity index (χ3n) is 2.76. The Hall–Kier alpha value is -1.80. The molecule has 0 aliphatic heterocycles. The van der Waals surface area contributed by atoms with Gasteiger partial charge in [-0.2, -0.15) is 0 Å². The van der Waals surface area contributed by atoms with Gasteiger partial charge in [0, 0.05) is 28.4 Å². The first kappa shape index (κ1) is 10.4. The van der Waals surface area contributed by atoms with Gasteiger partial charge in [-0.1, -0.05) is 11.6 Å². The van der Waals surface area contributed by atoms with E-state index in [0.29, 0.717) is 0 Å². The highest BCUT2D eigenvalue weighted by atomic mass is 35.5. The maximum atomic E-state index is 6.09. The van der Waals surface area contributed by atoms with Gasteiger partial charge in [-0.15, -0.1) is 0 Å². The zero-order valence-electron chi connectivity index (χ0n) is 9.27. The average Bonchev–Trinajstić information content (AvgIpc) is 2.74. The van der Waals surface area contributed by atoms with Gasteiger partial charge in [0.2, 0.25) is 0 Å². The number of benzene rings is 1. The molecule has 0 spiro atoms. The van der Waals surface area contributed by atoms with Crippen molar-refractivity contribution in [3.8, 4) is 11.3 Å². The topological polar surface area (TPSA) is 26.0 Å². The largest absolute Gasteiger partial charge is 0.456 e. The molecule has 2 aromatic heterocycles. The van der Waals surface area contributed by atoms with Gasteiger partial charge in [-0.05, 0) is 42.8 Å². The van der Waals surface area contributed by atoms with E-state index in [-0.39, 0.29) is 0 Å². The number of pyridine rings is 1. The number of nitrogens with zero attached hydrogens (tertiary/aromatic N) is 1. The summed E-state index contributed by atoms with van der Waals surface area (Å²) >= 11 is 6.09. The normalized spacial score (nSPS) is 10.9. The molecule has 3 heteroatoms. The third kappa shape index (κ3) is 1.81. The number of aryl methyl sites for hydroxylation is 1. The van der Waals surface area contributed by atoms with Crippen molar-refractivity contribution in [1.82, 2.24) is 4.98 Å². The zero-order chi connectivity index (χ0) is 11.8. The number of hydrogen-bond donors (Lipinski definition) is 0. The van der Waals surface area contributed by atoms with E-state index in [1.165, 1.54) is 0 Å². The lowest BCUT2D eigenvalue weighted by Crippen LogP contribution is -1.73. The second-order valence-electron chi connectivity index (χ2n) is 3.99. The van der Waals surface area contributed by atoms with Crippen LogP contribution in [0.15, 0.2) is 47.1 Å². The smallest absolute Gasteiger partial charge is 0.135 e. The molecule has 0 bridgehead atoms. The van der Waals surface area contributed by atoms with Gasteiger partial charge in [-0.3, -0.25) is 4.98 Å². The minimum atomic E-state index is 0.763. The Balaban J connectivity index is 2.21. The Morgan fingerprint density at radius 2 is 1.88 bits per heavy atom. The molecule has 2 nitrogen and oxygen atoms in total. The number of fused-ring (bicyclic) bond motifs is 1. The molecule has 0 saturated heterocycles. The quantitative estimate of drug-likeness (QED) is 0.631. The van der Waals surface area contributed by atoms with Gasteiger partial charge in [0.15, 0.2) is 0 Å². The van der Waals surface area contributed by atoms with Crippen LogP contribution >= 0.6 is 11.6 Å². The molecule has 0 unspecified atom stereocenters. The fourth-order valence-corrected chi connectivity index (χ4v) is 1.99. The second-order valence-corrected chi connectivity index (χ2v) is 4.39. The Kier molecular flexibility index (Phi) is 2.37. The summed E-state index contributed by atoms with van der Waals surface area (Å²) in [5.41, 5.74) is 2.90. The molecule has 0 aliphatic carbocycles. The SMILES string of the molecule is Cc1cc2oc(-c3ccncc3)cc2cc1Cl. The summed E-state index contributed by atoms with van der Waals surface area (Å²) in [6.45, 7) is 1.97. The summed E-state index contributed by atoms with van der Waals surface area (Å²) < 4.78 is 5.80. The van der Waals surface area contributed by atoms with Crippen LogP contribution in [-0.4, -0.2) is 4.98 Å². The van der Waals surface area contributed by atoms with Crippen LogP contribution in [0.2, 0.25) is 5.02 Å². The first-order valence-corrected chi connectivity index (χ1v) is 5.72. The van der Waals surface area contributed by atoms with Crippen LogP contribution in [0.3, 0.4) is 0 Å². The summed E-state index contributed by atoms with van der Waals surface area (Å²) in [7, 11) is 0. The fourth-order valence-electron chi connectivity index (χ4n) is 1.82. The first-order chi connectivity index (χ1) is 8.24. The Labute approximate surface area is 104 Å². The molecule has 0 radical (unpaired) electrons. The maximum Gasteiger partial charge on any atom is 0.135 e. The molecule has 0 atom stereocenters. The predicted molar refractivity (Wildman–Crippen MR) is 69.2 cm³/mol. The Bertz CT molecular complexity index is 634. The molecular weight excluding hydrogens is 234 g/mol. The van der Waals surface area contributed by atoms with E-state index in [1.807, 2.05) is 37.3 Å². The van der Waals surface area contributed by atoms with E-state index in [0.717, 1.165) is 32.9 Å². The lowest BCUT2D eigenvalue weighted by Gasteiger charge is -1.95. The van der Waals surface area contributed by atoms with Crippen molar-refractivity contribution in [1.29, 1.82) is 0 Å². The van der Waals surface area contributed by atoms with Crippen molar-refractivity contribution in [3.63, 3.8) is 0 Å². The minimum Gasteiger partial charge on any atom is -0.456 e. The molecule has 0 amide bonds. The average molecular weight is 244 g/mol. The number of rotatable bonds is 1. The van der Waals surface area contributed by atoms with Crippen molar-refractivity contribution >= 4 is 22.6 Å². The van der Waals surface area contributed by atoms with Crippen molar-refractivity contribution in [2.75, 3.05) is 0 Å². The predicted octanol–water partition coefficient (Wildman–Crippen LogP) is 4.46. The zero-order valence-corrected chi connectivity index (χ0v) is 10.0. The molecule has 0 aliphatic rings. The minimum absolute atomic E-state index is 0.763. The standard InChI is InChI=1S/C14H10ClNO/c1-9-6-13-11(7-12(9)15)8-14(17-13)10-2-4-16-5-3-10/h2-8H,1H3. The number of halogens is 1. The molecule has 84 valence electrons. The van der Waals surface area contributed by atoms with Crippen molar-refractivity contribution in [2.24, 2.45) is 0 Å². The molecule has 1 aromatic carbocycles. The van der Waals surface area contributed by atoms with E-state index < -0.39 is 0 Å². The van der Waals surface area contributed by atoms with Crippen molar-refractivity contribution < 1.29 is 4.42 Å². The van der Waals surface area contributed by atoms with Gasteiger partial charge in [0.25, 0.3) is 0 Å². The summed E-state index contributed by atoms with van der Waals surface area (Å²) in [6.07, 6.45) is 3.50. The third-order valence-corrected chi connectivity index (χ3v) is 3.17.